The van der Waals surface area contributed by atoms with Gasteiger partial charge in [0.05, 0.1) is 0 Å². The third-order valence-corrected chi connectivity index (χ3v) is 5.25. The second-order valence-corrected chi connectivity index (χ2v) is 7.50. The van der Waals surface area contributed by atoms with Crippen molar-refractivity contribution in [3.8, 4) is 0 Å². The molecule has 1 aromatic rings. The highest BCUT2D eigenvalue weighted by Gasteiger charge is 2.17. The van der Waals surface area contributed by atoms with Crippen LogP contribution in [0.3, 0.4) is 0 Å². The van der Waals surface area contributed by atoms with E-state index < -0.39 is 0 Å². The van der Waals surface area contributed by atoms with Crippen LogP contribution in [0.15, 0.2) is 24.3 Å². The summed E-state index contributed by atoms with van der Waals surface area (Å²) in [5.74, 6) is 2.16. The molecule has 1 fully saturated rings. The molecular weight excluding hydrogens is 370 g/mol. The van der Waals surface area contributed by atoms with Crippen LogP contribution in [0, 0.1) is 0 Å². The molecule has 1 unspecified atom stereocenters. The summed E-state index contributed by atoms with van der Waals surface area (Å²) in [6.45, 7) is 6.67. The summed E-state index contributed by atoms with van der Waals surface area (Å²) < 4.78 is 0. The van der Waals surface area contributed by atoms with Crippen molar-refractivity contribution in [3.63, 3.8) is 0 Å². The van der Waals surface area contributed by atoms with Crippen LogP contribution in [0.2, 0.25) is 0 Å². The van der Waals surface area contributed by atoms with Crippen LogP contribution in [0.4, 0.5) is 5.69 Å². The topological polar surface area (TPSA) is 61.4 Å². The number of nitrogens with zero attached hydrogens (tertiary/aromatic N) is 1. The number of halogens is 1. The van der Waals surface area contributed by atoms with Gasteiger partial charge in [0.2, 0.25) is 5.91 Å². The van der Waals surface area contributed by atoms with Crippen molar-refractivity contribution < 1.29 is 9.59 Å². The van der Waals surface area contributed by atoms with Gasteiger partial charge in [0.1, 0.15) is 0 Å². The highest BCUT2D eigenvalue weighted by atomic mass is 35.5. The van der Waals surface area contributed by atoms with Gasteiger partial charge in [-0.3, -0.25) is 9.59 Å². The summed E-state index contributed by atoms with van der Waals surface area (Å²) in [7, 11) is 0. The first-order valence-corrected chi connectivity index (χ1v) is 10.3. The molecule has 2 N–H and O–H groups in total. The zero-order valence-electron chi connectivity index (χ0n) is 15.6. The highest BCUT2D eigenvalue weighted by Crippen LogP contribution is 2.14. The van der Waals surface area contributed by atoms with E-state index in [2.05, 4.69) is 24.5 Å². The Kier molecular flexibility index (Phi) is 10.7. The van der Waals surface area contributed by atoms with Crippen molar-refractivity contribution in [3.05, 3.63) is 29.8 Å². The second kappa shape index (κ2) is 12.2. The molecule has 1 saturated heterocycles. The van der Waals surface area contributed by atoms with Crippen LogP contribution >= 0.6 is 24.2 Å². The Morgan fingerprint density at radius 1 is 1.19 bits per heavy atom. The van der Waals surface area contributed by atoms with Crippen molar-refractivity contribution in [1.29, 1.82) is 0 Å². The molecule has 2 rings (SSSR count). The Balaban J connectivity index is 0.00000338. The molecule has 0 bridgehead atoms. The summed E-state index contributed by atoms with van der Waals surface area (Å²) in [5.41, 5.74) is 1.41. The van der Waals surface area contributed by atoms with E-state index in [1.165, 1.54) is 0 Å². The molecule has 0 saturated carbocycles. The van der Waals surface area contributed by atoms with Gasteiger partial charge in [0.25, 0.3) is 5.91 Å². The van der Waals surface area contributed by atoms with Gasteiger partial charge in [-0.15, -0.1) is 12.4 Å². The Hall–Kier alpha value is -1.24. The number of rotatable bonds is 8. The second-order valence-electron chi connectivity index (χ2n) is 6.35. The largest absolute Gasteiger partial charge is 0.339 e. The lowest BCUT2D eigenvalue weighted by Gasteiger charge is -2.22. The fraction of sp³-hybridized carbons (Fsp3) is 0.579. The maximum atomic E-state index is 12.5. The number of amides is 2. The van der Waals surface area contributed by atoms with Crippen LogP contribution in [0.25, 0.3) is 0 Å². The van der Waals surface area contributed by atoms with Crippen molar-refractivity contribution in [2.45, 2.75) is 39.2 Å². The normalized spacial score (nSPS) is 16.5. The summed E-state index contributed by atoms with van der Waals surface area (Å²) in [4.78, 5) is 26.6. The standard InChI is InChI=1S/C19H29N3O2S.ClH/c1-3-10-22(11-4-2)19(24)15-5-7-16(8-6-15)21-18(23)13-17-14-25-12-9-20-17;/h5-8,17,20H,3-4,9-14H2,1-2H3,(H,21,23);1H. The fourth-order valence-electron chi connectivity index (χ4n) is 2.92. The molecule has 1 aromatic carbocycles. The van der Waals surface area contributed by atoms with Gasteiger partial charge in [-0.05, 0) is 37.1 Å². The molecule has 0 radical (unpaired) electrons. The fourth-order valence-corrected chi connectivity index (χ4v) is 3.87. The zero-order chi connectivity index (χ0) is 18.1. The van der Waals surface area contributed by atoms with E-state index in [1.807, 2.05) is 28.8 Å². The van der Waals surface area contributed by atoms with Gasteiger partial charge in [-0.25, -0.2) is 0 Å². The maximum absolute atomic E-state index is 12.5. The monoisotopic (exact) mass is 399 g/mol. The van der Waals surface area contributed by atoms with Crippen LogP contribution in [-0.2, 0) is 4.79 Å². The third-order valence-electron chi connectivity index (χ3n) is 4.12. The minimum absolute atomic E-state index is 0. The van der Waals surface area contributed by atoms with E-state index >= 15 is 0 Å². The molecule has 0 aliphatic carbocycles. The van der Waals surface area contributed by atoms with E-state index in [4.69, 9.17) is 0 Å². The van der Waals surface area contributed by atoms with E-state index in [1.54, 1.807) is 12.1 Å². The van der Waals surface area contributed by atoms with Crippen molar-refractivity contribution in [2.75, 3.05) is 36.5 Å². The number of carbonyl (C=O) groups excluding carboxylic acids is 2. The average molecular weight is 400 g/mol. The lowest BCUT2D eigenvalue weighted by atomic mass is 10.1. The Labute approximate surface area is 167 Å². The van der Waals surface area contributed by atoms with E-state index in [0.717, 1.165) is 49.7 Å². The molecular formula is C19H30ClN3O2S. The molecule has 1 aliphatic heterocycles. The lowest BCUT2D eigenvalue weighted by molar-refractivity contribution is -0.116. The molecule has 1 atom stereocenters. The molecule has 0 aromatic heterocycles. The molecule has 0 spiro atoms. The lowest BCUT2D eigenvalue weighted by Crippen LogP contribution is -2.39. The van der Waals surface area contributed by atoms with E-state index in [9.17, 15) is 9.59 Å². The molecule has 26 heavy (non-hydrogen) atoms. The number of anilines is 1. The van der Waals surface area contributed by atoms with Crippen LogP contribution in [0.1, 0.15) is 43.5 Å². The molecule has 1 heterocycles. The predicted molar refractivity (Wildman–Crippen MR) is 113 cm³/mol. The van der Waals surface area contributed by atoms with Gasteiger partial charge in [0.15, 0.2) is 0 Å². The van der Waals surface area contributed by atoms with Crippen molar-refractivity contribution in [1.82, 2.24) is 10.2 Å². The minimum atomic E-state index is 0. The van der Waals surface area contributed by atoms with Crippen molar-refractivity contribution >= 4 is 41.7 Å². The summed E-state index contributed by atoms with van der Waals surface area (Å²) in [6, 6.07) is 7.46. The van der Waals surface area contributed by atoms with Gasteiger partial charge >= 0.3 is 0 Å². The first-order chi connectivity index (χ1) is 12.1. The molecule has 2 amide bonds. The van der Waals surface area contributed by atoms with Crippen LogP contribution < -0.4 is 10.6 Å². The number of hydrogen-bond donors (Lipinski definition) is 2. The first-order valence-electron chi connectivity index (χ1n) is 9.14. The Morgan fingerprint density at radius 3 is 2.38 bits per heavy atom. The van der Waals surface area contributed by atoms with Gasteiger partial charge in [-0.1, -0.05) is 13.8 Å². The first kappa shape index (κ1) is 22.8. The van der Waals surface area contributed by atoms with E-state index in [0.29, 0.717) is 12.0 Å². The third kappa shape index (κ3) is 7.17. The number of nitrogens with one attached hydrogen (secondary N) is 2. The zero-order valence-corrected chi connectivity index (χ0v) is 17.3. The average Bonchev–Trinajstić information content (AvgIpc) is 2.62. The summed E-state index contributed by atoms with van der Waals surface area (Å²) >= 11 is 1.88. The molecule has 1 aliphatic rings. The highest BCUT2D eigenvalue weighted by molar-refractivity contribution is 7.99. The molecule has 7 heteroatoms. The van der Waals surface area contributed by atoms with Crippen molar-refractivity contribution in [2.24, 2.45) is 0 Å². The quantitative estimate of drug-likeness (QED) is 0.703. The summed E-state index contributed by atoms with van der Waals surface area (Å²) in [5, 5.41) is 6.29. The summed E-state index contributed by atoms with van der Waals surface area (Å²) in [6.07, 6.45) is 2.38. The SMILES string of the molecule is CCCN(CCC)C(=O)c1ccc(NC(=O)CC2CSCCN2)cc1.Cl. The molecule has 146 valence electrons. The minimum Gasteiger partial charge on any atom is -0.339 e. The Morgan fingerprint density at radius 2 is 1.85 bits per heavy atom. The van der Waals surface area contributed by atoms with Crippen LogP contribution in [0.5, 0.6) is 0 Å². The number of carbonyl (C=O) groups is 2. The maximum Gasteiger partial charge on any atom is 0.253 e. The number of thioether (sulfide) groups is 1. The van der Waals surface area contributed by atoms with Gasteiger partial charge < -0.3 is 15.5 Å². The van der Waals surface area contributed by atoms with Gasteiger partial charge in [-0.2, -0.15) is 11.8 Å². The number of benzene rings is 1. The van der Waals surface area contributed by atoms with Crippen LogP contribution in [-0.4, -0.2) is 53.9 Å². The molecule has 5 nitrogen and oxygen atoms in total. The Bertz CT molecular complexity index is 556. The smallest absolute Gasteiger partial charge is 0.253 e. The predicted octanol–water partition coefficient (Wildman–Crippen LogP) is 3.40. The van der Waals surface area contributed by atoms with Gasteiger partial charge in [0, 0.05) is 54.9 Å². The number of hydrogen-bond acceptors (Lipinski definition) is 4. The van der Waals surface area contributed by atoms with E-state index in [-0.39, 0.29) is 30.3 Å².